The number of aromatic nitrogens is 2. The molecule has 4 aromatic rings. The average Bonchev–Trinajstić information content (AvgIpc) is 3.65. The number of pyridine rings is 1. The number of methoxy groups -OCH3 is 1. The molecule has 0 radical (unpaired) electrons. The van der Waals surface area contributed by atoms with Crippen LogP contribution in [-0.2, 0) is 10.5 Å². The van der Waals surface area contributed by atoms with Gasteiger partial charge in [-0.3, -0.25) is 0 Å². The van der Waals surface area contributed by atoms with Crippen molar-refractivity contribution in [2.45, 2.75) is 23.3 Å². The SMILES string of the molecule is COc1cc(-c2c(C#N)c(N)nc(SCc3csc(-c4ccc(Cl)cc4)n3)c2C#N)ccc1OC1CCOC1. The molecule has 0 saturated carbocycles. The highest BCUT2D eigenvalue weighted by atomic mass is 35.5. The summed E-state index contributed by atoms with van der Waals surface area (Å²) in [5, 5.41) is 24.0. The van der Waals surface area contributed by atoms with Gasteiger partial charge < -0.3 is 19.9 Å². The van der Waals surface area contributed by atoms with Gasteiger partial charge in [0.05, 0.1) is 31.6 Å². The fraction of sp³-hybridized carbons (Fsp3) is 0.214. The Hall–Kier alpha value is -3.80. The number of benzene rings is 2. The van der Waals surface area contributed by atoms with Crippen LogP contribution in [0.15, 0.2) is 52.9 Å². The van der Waals surface area contributed by atoms with Crippen LogP contribution < -0.4 is 15.2 Å². The minimum absolute atomic E-state index is 0.0523. The van der Waals surface area contributed by atoms with E-state index in [0.29, 0.717) is 51.6 Å². The van der Waals surface area contributed by atoms with Crippen LogP contribution in [0.4, 0.5) is 5.82 Å². The zero-order valence-electron chi connectivity index (χ0n) is 20.8. The smallest absolute Gasteiger partial charge is 0.161 e. The van der Waals surface area contributed by atoms with Crippen molar-refractivity contribution in [2.75, 3.05) is 26.1 Å². The molecule has 0 aliphatic carbocycles. The molecule has 2 N–H and O–H groups in total. The Balaban J connectivity index is 1.45. The molecule has 196 valence electrons. The fourth-order valence-corrected chi connectivity index (χ4v) is 6.08. The van der Waals surface area contributed by atoms with Crippen molar-refractivity contribution >= 4 is 40.5 Å². The van der Waals surface area contributed by atoms with Crippen molar-refractivity contribution in [3.8, 4) is 45.3 Å². The summed E-state index contributed by atoms with van der Waals surface area (Å²) in [6.45, 7) is 1.17. The monoisotopic (exact) mass is 575 g/mol. The molecule has 0 spiro atoms. The third-order valence-corrected chi connectivity index (χ3v) is 8.25. The Labute approximate surface area is 238 Å². The van der Waals surface area contributed by atoms with E-state index in [1.807, 2.05) is 29.6 Å². The molecule has 1 saturated heterocycles. The topological polar surface area (TPSA) is 127 Å². The number of nitrogens with zero attached hydrogens (tertiary/aromatic N) is 4. The molecular weight excluding hydrogens is 554 g/mol. The molecule has 1 aliphatic heterocycles. The number of hydrogen-bond acceptors (Lipinski definition) is 10. The fourth-order valence-electron chi connectivity index (χ4n) is 4.14. The van der Waals surface area contributed by atoms with Gasteiger partial charge in [0, 0.05) is 33.7 Å². The maximum Gasteiger partial charge on any atom is 0.161 e. The van der Waals surface area contributed by atoms with Gasteiger partial charge in [0.15, 0.2) is 11.5 Å². The van der Waals surface area contributed by atoms with Gasteiger partial charge >= 0.3 is 0 Å². The second kappa shape index (κ2) is 11.9. The number of thioether (sulfide) groups is 1. The molecule has 11 heteroatoms. The van der Waals surface area contributed by atoms with Gasteiger partial charge in [0.2, 0.25) is 0 Å². The van der Waals surface area contributed by atoms with E-state index >= 15 is 0 Å². The van der Waals surface area contributed by atoms with E-state index in [9.17, 15) is 10.5 Å². The van der Waals surface area contributed by atoms with E-state index < -0.39 is 0 Å². The van der Waals surface area contributed by atoms with E-state index in [1.165, 1.54) is 23.1 Å². The zero-order chi connectivity index (χ0) is 27.4. The summed E-state index contributed by atoms with van der Waals surface area (Å²) >= 11 is 8.87. The zero-order valence-corrected chi connectivity index (χ0v) is 23.2. The molecule has 8 nitrogen and oxygen atoms in total. The number of hydrogen-bond donors (Lipinski definition) is 1. The van der Waals surface area contributed by atoms with Crippen molar-refractivity contribution in [1.82, 2.24) is 9.97 Å². The van der Waals surface area contributed by atoms with Crippen molar-refractivity contribution in [3.63, 3.8) is 0 Å². The minimum Gasteiger partial charge on any atom is -0.493 e. The number of nitrogen functional groups attached to an aromatic ring is 1. The summed E-state index contributed by atoms with van der Waals surface area (Å²) in [4.78, 5) is 9.12. The van der Waals surface area contributed by atoms with E-state index in [1.54, 1.807) is 25.3 Å². The highest BCUT2D eigenvalue weighted by molar-refractivity contribution is 7.98. The number of halogens is 1. The number of nitriles is 2. The number of nitrogens with two attached hydrogens (primary N) is 1. The average molecular weight is 576 g/mol. The summed E-state index contributed by atoms with van der Waals surface area (Å²) in [6.07, 6.45) is 0.739. The predicted molar refractivity (Wildman–Crippen MR) is 152 cm³/mol. The molecule has 2 aromatic carbocycles. The van der Waals surface area contributed by atoms with Crippen LogP contribution in [0.1, 0.15) is 23.2 Å². The van der Waals surface area contributed by atoms with Crippen molar-refractivity contribution in [1.29, 1.82) is 10.5 Å². The third-order valence-electron chi connectivity index (χ3n) is 6.05. The molecule has 1 fully saturated rings. The number of thiazole rings is 1. The maximum atomic E-state index is 10.2. The Bertz CT molecular complexity index is 1590. The lowest BCUT2D eigenvalue weighted by Crippen LogP contribution is -2.16. The highest BCUT2D eigenvalue weighted by Gasteiger charge is 2.23. The van der Waals surface area contributed by atoms with Crippen LogP contribution in [0.25, 0.3) is 21.7 Å². The number of ether oxygens (including phenoxy) is 3. The first-order chi connectivity index (χ1) is 19.0. The second-order valence-electron chi connectivity index (χ2n) is 8.56. The quantitative estimate of drug-likeness (QED) is 0.240. The summed E-state index contributed by atoms with van der Waals surface area (Å²) in [6, 6.07) is 17.2. The first-order valence-corrected chi connectivity index (χ1v) is 14.1. The molecule has 0 amide bonds. The molecule has 39 heavy (non-hydrogen) atoms. The molecular formula is C28H22ClN5O3S2. The Morgan fingerprint density at radius 1 is 1.10 bits per heavy atom. The van der Waals surface area contributed by atoms with E-state index in [-0.39, 0.29) is 23.0 Å². The summed E-state index contributed by atoms with van der Waals surface area (Å²) < 4.78 is 17.0. The highest BCUT2D eigenvalue weighted by Crippen LogP contribution is 2.40. The number of rotatable bonds is 8. The van der Waals surface area contributed by atoms with Crippen molar-refractivity contribution in [3.05, 3.63) is 69.7 Å². The van der Waals surface area contributed by atoms with Gasteiger partial charge in [-0.25, -0.2) is 9.97 Å². The van der Waals surface area contributed by atoms with E-state index in [0.717, 1.165) is 22.7 Å². The Kier molecular flexibility index (Phi) is 8.20. The predicted octanol–water partition coefficient (Wildman–Crippen LogP) is 6.32. The van der Waals surface area contributed by atoms with Crippen LogP contribution in [0, 0.1) is 22.7 Å². The van der Waals surface area contributed by atoms with Gasteiger partial charge in [-0.15, -0.1) is 11.3 Å². The molecule has 1 atom stereocenters. The lowest BCUT2D eigenvalue weighted by molar-refractivity contribution is 0.138. The summed E-state index contributed by atoms with van der Waals surface area (Å²) in [7, 11) is 1.54. The molecule has 1 aliphatic rings. The van der Waals surface area contributed by atoms with Crippen molar-refractivity contribution < 1.29 is 14.2 Å². The molecule has 3 heterocycles. The molecule has 2 aromatic heterocycles. The summed E-state index contributed by atoms with van der Waals surface area (Å²) in [5.41, 5.74) is 9.43. The summed E-state index contributed by atoms with van der Waals surface area (Å²) in [5.74, 6) is 1.56. The van der Waals surface area contributed by atoms with Crippen LogP contribution >= 0.6 is 34.7 Å². The van der Waals surface area contributed by atoms with Gasteiger partial charge in [0.25, 0.3) is 0 Å². The largest absolute Gasteiger partial charge is 0.493 e. The third kappa shape index (κ3) is 5.80. The van der Waals surface area contributed by atoms with Crippen molar-refractivity contribution in [2.24, 2.45) is 0 Å². The van der Waals surface area contributed by atoms with Crippen LogP contribution in [0.5, 0.6) is 11.5 Å². The standard InChI is InChI=1S/C28H22ClN5O3S2/c1-35-24-10-17(4-7-23(24)37-20-8-9-36-13-20)25-21(11-30)26(32)34-28(22(25)12-31)39-15-19-14-38-27(33-19)16-2-5-18(29)6-3-16/h2-7,10,14,20H,8-9,13,15H2,1H3,(H2,32,34). The minimum atomic E-state index is -0.0559. The van der Waals surface area contributed by atoms with Crippen LogP contribution in [0.3, 0.4) is 0 Å². The Morgan fingerprint density at radius 3 is 2.56 bits per heavy atom. The molecule has 0 bridgehead atoms. The molecule has 5 rings (SSSR count). The number of anilines is 1. The van der Waals surface area contributed by atoms with Crippen LogP contribution in [-0.4, -0.2) is 36.4 Å². The van der Waals surface area contributed by atoms with Gasteiger partial charge in [-0.05, 0) is 29.8 Å². The van der Waals surface area contributed by atoms with Gasteiger partial charge in [0.1, 0.15) is 39.7 Å². The lowest BCUT2D eigenvalue weighted by Gasteiger charge is -2.17. The van der Waals surface area contributed by atoms with E-state index in [4.69, 9.17) is 36.5 Å². The second-order valence-corrected chi connectivity index (χ2v) is 10.8. The van der Waals surface area contributed by atoms with E-state index in [2.05, 4.69) is 17.1 Å². The van der Waals surface area contributed by atoms with Gasteiger partial charge in [-0.2, -0.15) is 10.5 Å². The first kappa shape index (κ1) is 26.8. The maximum absolute atomic E-state index is 10.2. The Morgan fingerprint density at radius 2 is 1.87 bits per heavy atom. The van der Waals surface area contributed by atoms with Crippen LogP contribution in [0.2, 0.25) is 5.02 Å². The first-order valence-electron chi connectivity index (χ1n) is 11.9. The van der Waals surface area contributed by atoms with Gasteiger partial charge in [-0.1, -0.05) is 41.6 Å². The lowest BCUT2D eigenvalue weighted by atomic mass is 9.96. The normalized spacial score (nSPS) is 14.5. The molecule has 1 unspecified atom stereocenters.